The molecule has 1 aromatic carbocycles. The Hall–Kier alpha value is -1.31. The van der Waals surface area contributed by atoms with Crippen LogP contribution in [-0.2, 0) is 5.92 Å². The van der Waals surface area contributed by atoms with E-state index in [1.165, 1.54) is 0 Å². The molecule has 0 radical (unpaired) electrons. The second kappa shape index (κ2) is 7.13. The number of ether oxygens (including phenoxy) is 1. The topological polar surface area (TPSA) is 9.23 Å². The molecule has 1 nitrogen and oxygen atoms in total. The Morgan fingerprint density at radius 3 is 1.45 bits per heavy atom. The van der Waals surface area contributed by atoms with Gasteiger partial charge in [-0.1, -0.05) is 23.2 Å². The van der Waals surface area contributed by atoms with Gasteiger partial charge in [-0.3, -0.25) is 0 Å². The highest BCUT2D eigenvalue weighted by Gasteiger charge is 2.91. The fourth-order valence-corrected chi connectivity index (χ4v) is 2.39. The van der Waals surface area contributed by atoms with Gasteiger partial charge in [0.25, 0.3) is 0 Å². The smallest absolute Gasteiger partial charge is 0.460 e. The summed E-state index contributed by atoms with van der Waals surface area (Å²) in [5.74, 6) is -38.7. The average molecular weight is 495 g/mol. The first-order valence-corrected chi connectivity index (χ1v) is 7.36. The van der Waals surface area contributed by atoms with Gasteiger partial charge < -0.3 is 4.74 Å². The predicted molar refractivity (Wildman–Crippen MR) is 72.8 cm³/mol. The minimum absolute atomic E-state index is 0.212. The number of hydrogen-bond donors (Lipinski definition) is 0. The lowest BCUT2D eigenvalue weighted by Gasteiger charge is -2.40. The van der Waals surface area contributed by atoms with Crippen LogP contribution in [0.1, 0.15) is 5.56 Å². The fraction of sp³-hybridized carbons (Fsp3) is 0.538. The molecule has 29 heavy (non-hydrogen) atoms. The molecule has 0 heterocycles. The van der Waals surface area contributed by atoms with Gasteiger partial charge >= 0.3 is 35.8 Å². The lowest BCUT2D eigenvalue weighted by molar-refractivity contribution is -0.441. The first-order valence-electron chi connectivity index (χ1n) is 6.60. The monoisotopic (exact) mass is 494 g/mol. The van der Waals surface area contributed by atoms with Crippen LogP contribution in [0, 0.1) is 0 Å². The molecule has 0 saturated carbocycles. The zero-order valence-electron chi connectivity index (χ0n) is 13.2. The number of alkyl halides is 13. The Morgan fingerprint density at radius 1 is 0.655 bits per heavy atom. The van der Waals surface area contributed by atoms with Crippen molar-refractivity contribution in [3.63, 3.8) is 0 Å². The minimum atomic E-state index is -8.00. The van der Waals surface area contributed by atoms with Gasteiger partial charge in [0.15, 0.2) is 0 Å². The third kappa shape index (κ3) is 3.55. The molecule has 0 aliphatic carbocycles. The van der Waals surface area contributed by atoms with Crippen molar-refractivity contribution in [2.24, 2.45) is 0 Å². The molecule has 0 spiro atoms. The van der Waals surface area contributed by atoms with Crippen LogP contribution < -0.4 is 4.74 Å². The first kappa shape index (κ1) is 25.7. The van der Waals surface area contributed by atoms with Gasteiger partial charge in [-0.25, -0.2) is 0 Å². The summed E-state index contributed by atoms with van der Waals surface area (Å²) in [6, 6.07) is 0.391. The average Bonchev–Trinajstić information content (AvgIpc) is 2.54. The summed E-state index contributed by atoms with van der Waals surface area (Å²) in [7, 11) is 0.713. The van der Waals surface area contributed by atoms with Crippen LogP contribution in [0.15, 0.2) is 12.1 Å². The zero-order chi connectivity index (χ0) is 23.4. The van der Waals surface area contributed by atoms with E-state index in [1.807, 2.05) is 0 Å². The largest absolute Gasteiger partial charge is 0.495 e. The molecule has 1 aromatic rings. The lowest BCUT2D eigenvalue weighted by atomic mass is 9.90. The highest BCUT2D eigenvalue weighted by atomic mass is 35.5. The molecule has 0 aliphatic heterocycles. The van der Waals surface area contributed by atoms with Gasteiger partial charge in [-0.05, 0) is 6.07 Å². The van der Waals surface area contributed by atoms with E-state index >= 15 is 0 Å². The molecule has 0 amide bonds. The predicted octanol–water partition coefficient (Wildman–Crippen LogP) is 7.20. The molecule has 0 aliphatic rings. The molecule has 1 rings (SSSR count). The third-order valence-corrected chi connectivity index (χ3v) is 4.10. The number of methoxy groups -OCH3 is 1. The van der Waals surface area contributed by atoms with E-state index in [0.717, 1.165) is 0 Å². The molecule has 0 saturated heterocycles. The van der Waals surface area contributed by atoms with Crippen molar-refractivity contribution < 1.29 is 61.8 Å². The van der Waals surface area contributed by atoms with Crippen LogP contribution in [0.5, 0.6) is 5.75 Å². The highest BCUT2D eigenvalue weighted by Crippen LogP contribution is 2.62. The van der Waals surface area contributed by atoms with Crippen molar-refractivity contribution in [3.05, 3.63) is 27.7 Å². The Morgan fingerprint density at radius 2 is 1.07 bits per heavy atom. The molecule has 0 atom stereocenters. The Bertz CT molecular complexity index is 773. The van der Waals surface area contributed by atoms with E-state index < -0.39 is 57.1 Å². The number of rotatable bonds is 6. The van der Waals surface area contributed by atoms with Crippen molar-refractivity contribution in [3.8, 4) is 5.75 Å². The molecular weight excluding hydrogens is 490 g/mol. The maximum Gasteiger partial charge on any atom is 0.460 e. The van der Waals surface area contributed by atoms with Gasteiger partial charge in [-0.2, -0.15) is 57.1 Å². The molecule has 0 bridgehead atoms. The summed E-state index contributed by atoms with van der Waals surface area (Å²) >= 11 is 10.5. The quantitative estimate of drug-likeness (QED) is 0.380. The van der Waals surface area contributed by atoms with Crippen LogP contribution in [0.4, 0.5) is 57.1 Å². The van der Waals surface area contributed by atoms with E-state index in [2.05, 4.69) is 4.74 Å². The van der Waals surface area contributed by atoms with E-state index in [0.29, 0.717) is 13.2 Å². The Kier molecular flexibility index (Phi) is 6.33. The van der Waals surface area contributed by atoms with Crippen molar-refractivity contribution in [1.82, 2.24) is 0 Å². The molecule has 0 fully saturated rings. The van der Waals surface area contributed by atoms with E-state index in [9.17, 15) is 57.1 Å². The van der Waals surface area contributed by atoms with Gasteiger partial charge in [0, 0.05) is 11.1 Å². The van der Waals surface area contributed by atoms with Crippen LogP contribution in [0.2, 0.25) is 10.0 Å². The van der Waals surface area contributed by atoms with Crippen LogP contribution >= 0.6 is 23.2 Å². The Labute approximate surface area is 162 Å². The van der Waals surface area contributed by atoms with E-state index in [1.54, 1.807) is 0 Å². The van der Waals surface area contributed by atoms with Crippen LogP contribution in [0.25, 0.3) is 0 Å². The summed E-state index contributed by atoms with van der Waals surface area (Å²) in [6.45, 7) is 0. The molecule has 168 valence electrons. The SMILES string of the molecule is COc1cc(Cl)cc(C(F)(F)C(F)(F)C(F)(F)C(F)(F)C(F)(F)C(F)(F)F)c1Cl. The van der Waals surface area contributed by atoms with Gasteiger partial charge in [0.05, 0.1) is 17.7 Å². The number of benzene rings is 1. The van der Waals surface area contributed by atoms with Gasteiger partial charge in [-0.15, -0.1) is 0 Å². The zero-order valence-corrected chi connectivity index (χ0v) is 14.7. The minimum Gasteiger partial charge on any atom is -0.495 e. The molecule has 0 unspecified atom stereocenters. The molecular formula is C13H5Cl2F13O. The summed E-state index contributed by atoms with van der Waals surface area (Å²) in [5.41, 5.74) is -2.39. The number of halogens is 15. The summed E-state index contributed by atoms with van der Waals surface area (Å²) < 4.78 is 175. The number of hydrogen-bond acceptors (Lipinski definition) is 1. The summed E-state index contributed by atoms with van der Waals surface area (Å²) in [6.07, 6.45) is -7.48. The van der Waals surface area contributed by atoms with Crippen LogP contribution in [-0.4, -0.2) is 37.0 Å². The molecule has 16 heteroatoms. The standard InChI is InChI=1S/C13H5Cl2F13O/c1-29-6-3-4(14)2-5(7(6)15)8(16,17)9(18,19)10(20,21)11(22,23)12(24,25)13(26,27)28/h2-3H,1H3. The van der Waals surface area contributed by atoms with E-state index in [4.69, 9.17) is 23.2 Å². The summed E-state index contributed by atoms with van der Waals surface area (Å²) in [5, 5.41) is -2.49. The third-order valence-electron chi connectivity index (χ3n) is 3.50. The molecule has 0 N–H and O–H groups in total. The van der Waals surface area contributed by atoms with Crippen LogP contribution in [0.3, 0.4) is 0 Å². The van der Waals surface area contributed by atoms with Gasteiger partial charge in [0.1, 0.15) is 5.75 Å². The highest BCUT2D eigenvalue weighted by molar-refractivity contribution is 6.35. The van der Waals surface area contributed by atoms with Crippen molar-refractivity contribution in [2.75, 3.05) is 7.11 Å². The fourth-order valence-electron chi connectivity index (χ4n) is 1.88. The Balaban J connectivity index is 3.74. The maximum atomic E-state index is 14.1. The second-order valence-electron chi connectivity index (χ2n) is 5.34. The maximum absolute atomic E-state index is 14.1. The first-order chi connectivity index (χ1) is 12.6. The van der Waals surface area contributed by atoms with Gasteiger partial charge in [0.2, 0.25) is 0 Å². The molecule has 0 aromatic heterocycles. The van der Waals surface area contributed by atoms with Crippen molar-refractivity contribution >= 4 is 23.2 Å². The normalized spacial score (nSPS) is 14.9. The lowest BCUT2D eigenvalue weighted by Crippen LogP contribution is -2.69. The second-order valence-corrected chi connectivity index (χ2v) is 6.15. The summed E-state index contributed by atoms with van der Waals surface area (Å²) in [4.78, 5) is 0. The van der Waals surface area contributed by atoms with Crippen molar-refractivity contribution in [1.29, 1.82) is 0 Å². The van der Waals surface area contributed by atoms with E-state index in [-0.39, 0.29) is 6.07 Å². The van der Waals surface area contributed by atoms with Crippen molar-refractivity contribution in [2.45, 2.75) is 35.8 Å².